The zero-order valence-corrected chi connectivity index (χ0v) is 10.6. The molecule has 6 nitrogen and oxygen atoms in total. The molecule has 102 valence electrons. The number of rotatable bonds is 5. The van der Waals surface area contributed by atoms with E-state index in [4.69, 9.17) is 19.7 Å². The highest BCUT2D eigenvalue weighted by Crippen LogP contribution is 2.25. The molecule has 0 aliphatic rings. The predicted molar refractivity (Wildman–Crippen MR) is 65.0 cm³/mol. The first-order chi connectivity index (χ1) is 9.15. The van der Waals surface area contributed by atoms with Crippen LogP contribution in [0.4, 0.5) is 4.39 Å². The van der Waals surface area contributed by atoms with Gasteiger partial charge in [0.25, 0.3) is 5.89 Å². The van der Waals surface area contributed by atoms with Crippen molar-refractivity contribution in [3.63, 3.8) is 0 Å². The first kappa shape index (κ1) is 13.4. The zero-order chi connectivity index (χ0) is 13.8. The monoisotopic (exact) mass is 267 g/mol. The largest absolute Gasteiger partial charge is 0.497 e. The molecule has 1 aromatic carbocycles. The van der Waals surface area contributed by atoms with E-state index in [9.17, 15) is 4.39 Å². The van der Waals surface area contributed by atoms with Crippen LogP contribution in [-0.4, -0.2) is 31.0 Å². The van der Waals surface area contributed by atoms with Gasteiger partial charge in [-0.1, -0.05) is 5.16 Å². The van der Waals surface area contributed by atoms with Crippen LogP contribution in [0, 0.1) is 5.82 Å². The Kier molecular flexibility index (Phi) is 4.08. The molecule has 0 aliphatic heterocycles. The van der Waals surface area contributed by atoms with Crippen molar-refractivity contribution in [3.8, 4) is 17.2 Å². The normalized spacial score (nSPS) is 12.4. The summed E-state index contributed by atoms with van der Waals surface area (Å²) in [4.78, 5) is 4.05. The molecule has 0 saturated heterocycles. The Labute approximate surface area is 109 Å². The number of aromatic nitrogens is 2. The van der Waals surface area contributed by atoms with Crippen molar-refractivity contribution in [2.45, 2.75) is 6.04 Å². The third-order valence-corrected chi connectivity index (χ3v) is 2.53. The lowest BCUT2D eigenvalue weighted by Crippen LogP contribution is -2.17. The molecule has 0 fully saturated rings. The number of methoxy groups -OCH3 is 2. The number of ether oxygens (including phenoxy) is 2. The van der Waals surface area contributed by atoms with Crippen LogP contribution in [-0.2, 0) is 4.74 Å². The number of halogens is 1. The van der Waals surface area contributed by atoms with Crippen molar-refractivity contribution >= 4 is 0 Å². The summed E-state index contributed by atoms with van der Waals surface area (Å²) in [5.41, 5.74) is 5.96. The van der Waals surface area contributed by atoms with Crippen molar-refractivity contribution in [2.24, 2.45) is 5.73 Å². The van der Waals surface area contributed by atoms with Gasteiger partial charge in [-0.15, -0.1) is 0 Å². The van der Waals surface area contributed by atoms with E-state index in [2.05, 4.69) is 10.1 Å². The smallest absolute Gasteiger partial charge is 0.260 e. The van der Waals surface area contributed by atoms with Gasteiger partial charge in [-0.25, -0.2) is 4.39 Å². The number of nitrogens with zero attached hydrogens (tertiary/aromatic N) is 2. The van der Waals surface area contributed by atoms with Crippen LogP contribution < -0.4 is 10.5 Å². The molecule has 0 saturated carbocycles. The van der Waals surface area contributed by atoms with Gasteiger partial charge in [0.15, 0.2) is 5.82 Å². The zero-order valence-electron chi connectivity index (χ0n) is 10.6. The standard InChI is InChI=1S/C12H14FN3O3/c1-17-6-10(14)11-15-12(19-16-11)8-4-3-7(18-2)5-9(8)13/h3-5,10H,6,14H2,1-2H3. The fraction of sp³-hybridized carbons (Fsp3) is 0.333. The molecule has 19 heavy (non-hydrogen) atoms. The van der Waals surface area contributed by atoms with E-state index in [1.165, 1.54) is 26.4 Å². The summed E-state index contributed by atoms with van der Waals surface area (Å²) in [6.07, 6.45) is 0. The van der Waals surface area contributed by atoms with Crippen LogP contribution >= 0.6 is 0 Å². The second kappa shape index (κ2) is 5.77. The molecule has 0 bridgehead atoms. The molecule has 1 atom stereocenters. The third-order valence-electron chi connectivity index (χ3n) is 2.53. The summed E-state index contributed by atoms with van der Waals surface area (Å²) in [5, 5.41) is 3.71. The van der Waals surface area contributed by atoms with E-state index in [1.54, 1.807) is 6.07 Å². The van der Waals surface area contributed by atoms with E-state index >= 15 is 0 Å². The first-order valence-electron chi connectivity index (χ1n) is 5.57. The average Bonchev–Trinajstić information content (AvgIpc) is 2.88. The lowest BCUT2D eigenvalue weighted by Gasteiger charge is -2.03. The highest BCUT2D eigenvalue weighted by molar-refractivity contribution is 5.55. The maximum Gasteiger partial charge on any atom is 0.260 e. The Morgan fingerprint density at radius 2 is 2.21 bits per heavy atom. The van der Waals surface area contributed by atoms with Gasteiger partial charge in [0.1, 0.15) is 11.6 Å². The summed E-state index contributed by atoms with van der Waals surface area (Å²) in [6.45, 7) is 0.254. The van der Waals surface area contributed by atoms with Crippen LogP contribution in [0.25, 0.3) is 11.5 Å². The van der Waals surface area contributed by atoms with E-state index in [0.29, 0.717) is 5.75 Å². The lowest BCUT2D eigenvalue weighted by atomic mass is 10.2. The highest BCUT2D eigenvalue weighted by atomic mass is 19.1. The molecule has 0 radical (unpaired) electrons. The summed E-state index contributed by atoms with van der Waals surface area (Å²) >= 11 is 0. The fourth-order valence-corrected chi connectivity index (χ4v) is 1.55. The Morgan fingerprint density at radius 3 is 2.84 bits per heavy atom. The molecule has 2 rings (SSSR count). The number of hydrogen-bond donors (Lipinski definition) is 1. The molecule has 2 aromatic rings. The molecule has 1 unspecified atom stereocenters. The van der Waals surface area contributed by atoms with Crippen LogP contribution in [0.5, 0.6) is 5.75 Å². The van der Waals surface area contributed by atoms with Crippen molar-refractivity contribution in [2.75, 3.05) is 20.8 Å². The van der Waals surface area contributed by atoms with Crippen LogP contribution in [0.15, 0.2) is 22.7 Å². The van der Waals surface area contributed by atoms with Gasteiger partial charge in [-0.2, -0.15) is 4.98 Å². The summed E-state index contributed by atoms with van der Waals surface area (Å²) in [7, 11) is 2.98. The Bertz CT molecular complexity index is 559. The Balaban J connectivity index is 2.27. The highest BCUT2D eigenvalue weighted by Gasteiger charge is 2.17. The molecule has 7 heteroatoms. The molecule has 0 spiro atoms. The molecule has 0 amide bonds. The average molecular weight is 267 g/mol. The van der Waals surface area contributed by atoms with Crippen LogP contribution in [0.2, 0.25) is 0 Å². The van der Waals surface area contributed by atoms with Crippen molar-refractivity contribution < 1.29 is 18.4 Å². The quantitative estimate of drug-likeness (QED) is 0.884. The lowest BCUT2D eigenvalue weighted by molar-refractivity contribution is 0.177. The first-order valence-corrected chi connectivity index (χ1v) is 5.57. The Hall–Kier alpha value is -1.99. The Morgan fingerprint density at radius 1 is 1.42 bits per heavy atom. The van der Waals surface area contributed by atoms with E-state index < -0.39 is 11.9 Å². The second-order valence-corrected chi connectivity index (χ2v) is 3.87. The molecular formula is C12H14FN3O3. The van der Waals surface area contributed by atoms with Gasteiger partial charge < -0.3 is 19.7 Å². The molecule has 0 aliphatic carbocycles. The van der Waals surface area contributed by atoms with Gasteiger partial charge in [0.2, 0.25) is 0 Å². The van der Waals surface area contributed by atoms with E-state index in [1.807, 2.05) is 0 Å². The van der Waals surface area contributed by atoms with Crippen molar-refractivity contribution in [3.05, 3.63) is 29.8 Å². The molecular weight excluding hydrogens is 253 g/mol. The molecule has 1 aromatic heterocycles. The van der Waals surface area contributed by atoms with Gasteiger partial charge in [0.05, 0.1) is 25.3 Å². The maximum atomic E-state index is 13.8. The summed E-state index contributed by atoms with van der Waals surface area (Å²) < 4.78 is 28.6. The molecule has 2 N–H and O–H groups in total. The maximum absolute atomic E-state index is 13.8. The van der Waals surface area contributed by atoms with Crippen molar-refractivity contribution in [1.29, 1.82) is 0 Å². The number of nitrogens with two attached hydrogens (primary N) is 1. The van der Waals surface area contributed by atoms with Crippen molar-refractivity contribution in [1.82, 2.24) is 10.1 Å². The van der Waals surface area contributed by atoms with Gasteiger partial charge >= 0.3 is 0 Å². The van der Waals surface area contributed by atoms with E-state index in [-0.39, 0.29) is 23.9 Å². The third kappa shape index (κ3) is 2.88. The topological polar surface area (TPSA) is 83.4 Å². The van der Waals surface area contributed by atoms with E-state index in [0.717, 1.165) is 0 Å². The predicted octanol–water partition coefficient (Wildman–Crippen LogP) is 1.53. The van der Waals surface area contributed by atoms with Gasteiger partial charge in [0, 0.05) is 13.2 Å². The summed E-state index contributed by atoms with van der Waals surface area (Å²) in [5.74, 6) is 0.251. The summed E-state index contributed by atoms with van der Waals surface area (Å²) in [6, 6.07) is 3.85. The van der Waals surface area contributed by atoms with Crippen LogP contribution in [0.3, 0.4) is 0 Å². The fourth-order valence-electron chi connectivity index (χ4n) is 1.55. The second-order valence-electron chi connectivity index (χ2n) is 3.87. The minimum absolute atomic E-state index is 0.0710. The number of hydrogen-bond acceptors (Lipinski definition) is 6. The van der Waals surface area contributed by atoms with Gasteiger partial charge in [-0.3, -0.25) is 0 Å². The SMILES string of the molecule is COCC(N)c1noc(-c2ccc(OC)cc2F)n1. The molecule has 1 heterocycles. The van der Waals surface area contributed by atoms with Crippen LogP contribution in [0.1, 0.15) is 11.9 Å². The minimum atomic E-state index is -0.510. The van der Waals surface area contributed by atoms with Gasteiger partial charge in [-0.05, 0) is 12.1 Å². The minimum Gasteiger partial charge on any atom is -0.497 e. The number of benzene rings is 1.